The molecule has 0 saturated heterocycles. The summed E-state index contributed by atoms with van der Waals surface area (Å²) in [6.45, 7) is 0. The van der Waals surface area contributed by atoms with Crippen LogP contribution in [0.5, 0.6) is 5.75 Å². The van der Waals surface area contributed by atoms with E-state index in [-0.39, 0.29) is 6.04 Å². The van der Waals surface area contributed by atoms with Crippen LogP contribution in [0, 0.1) is 0 Å². The van der Waals surface area contributed by atoms with Gasteiger partial charge in [0.25, 0.3) is 0 Å². The molecule has 4 nitrogen and oxygen atoms in total. The molecule has 1 unspecified atom stereocenters. The SMILES string of the molecule is COc1cc(Cl)ccc1C(NN)c1cc2ccccc2o1. The highest BCUT2D eigenvalue weighted by Gasteiger charge is 2.21. The van der Waals surface area contributed by atoms with Gasteiger partial charge in [0.1, 0.15) is 23.1 Å². The van der Waals surface area contributed by atoms with Gasteiger partial charge in [-0.1, -0.05) is 35.9 Å². The summed E-state index contributed by atoms with van der Waals surface area (Å²) in [5.41, 5.74) is 4.46. The Kier molecular flexibility index (Phi) is 3.84. The quantitative estimate of drug-likeness (QED) is 0.570. The van der Waals surface area contributed by atoms with Crippen LogP contribution < -0.4 is 16.0 Å². The van der Waals surface area contributed by atoms with Gasteiger partial charge >= 0.3 is 0 Å². The van der Waals surface area contributed by atoms with Crippen molar-refractivity contribution in [1.82, 2.24) is 5.43 Å². The molecule has 1 atom stereocenters. The van der Waals surface area contributed by atoms with Crippen LogP contribution in [-0.2, 0) is 0 Å². The fraction of sp³-hybridized carbons (Fsp3) is 0.125. The Morgan fingerprint density at radius 1 is 1.19 bits per heavy atom. The molecule has 0 bridgehead atoms. The number of fused-ring (bicyclic) bond motifs is 1. The summed E-state index contributed by atoms with van der Waals surface area (Å²) in [5.74, 6) is 7.10. The number of benzene rings is 2. The second-order valence-corrected chi connectivity index (χ2v) is 5.11. The van der Waals surface area contributed by atoms with Gasteiger partial charge in [-0.05, 0) is 24.3 Å². The van der Waals surface area contributed by atoms with Gasteiger partial charge in [-0.3, -0.25) is 5.84 Å². The monoisotopic (exact) mass is 302 g/mol. The van der Waals surface area contributed by atoms with E-state index >= 15 is 0 Å². The zero-order valence-corrected chi connectivity index (χ0v) is 12.2. The maximum atomic E-state index is 6.00. The molecule has 0 amide bonds. The maximum absolute atomic E-state index is 6.00. The van der Waals surface area contributed by atoms with Crippen molar-refractivity contribution >= 4 is 22.6 Å². The maximum Gasteiger partial charge on any atom is 0.134 e. The van der Waals surface area contributed by atoms with Crippen LogP contribution in [0.1, 0.15) is 17.4 Å². The zero-order chi connectivity index (χ0) is 14.8. The van der Waals surface area contributed by atoms with Crippen LogP contribution in [0.4, 0.5) is 0 Å². The first-order valence-electron chi connectivity index (χ1n) is 6.51. The van der Waals surface area contributed by atoms with Gasteiger partial charge in [0.05, 0.1) is 7.11 Å². The highest BCUT2D eigenvalue weighted by molar-refractivity contribution is 6.30. The minimum atomic E-state index is -0.315. The third-order valence-electron chi connectivity index (χ3n) is 3.40. The minimum Gasteiger partial charge on any atom is -0.496 e. The van der Waals surface area contributed by atoms with Gasteiger partial charge in [-0.2, -0.15) is 0 Å². The first-order chi connectivity index (χ1) is 10.2. The van der Waals surface area contributed by atoms with Crippen LogP contribution in [0.15, 0.2) is 52.9 Å². The van der Waals surface area contributed by atoms with Crippen LogP contribution >= 0.6 is 11.6 Å². The summed E-state index contributed by atoms with van der Waals surface area (Å²) in [7, 11) is 1.60. The Morgan fingerprint density at radius 3 is 2.71 bits per heavy atom. The van der Waals surface area contributed by atoms with Crippen molar-refractivity contribution in [2.45, 2.75) is 6.04 Å². The number of hydrogen-bond acceptors (Lipinski definition) is 4. The molecule has 0 saturated carbocycles. The first-order valence-corrected chi connectivity index (χ1v) is 6.89. The van der Waals surface area contributed by atoms with E-state index in [2.05, 4.69) is 5.43 Å². The lowest BCUT2D eigenvalue weighted by atomic mass is 10.0. The molecular formula is C16H15ClN2O2. The number of rotatable bonds is 4. The number of furan rings is 1. The third kappa shape index (κ3) is 2.61. The number of hydrazine groups is 1. The lowest BCUT2D eigenvalue weighted by Crippen LogP contribution is -2.28. The van der Waals surface area contributed by atoms with Gasteiger partial charge in [0.15, 0.2) is 0 Å². The molecule has 0 aliphatic carbocycles. The standard InChI is InChI=1S/C16H15ClN2O2/c1-20-14-9-11(17)6-7-12(14)16(19-18)15-8-10-4-2-3-5-13(10)21-15/h2-9,16,19H,18H2,1H3. The van der Waals surface area contributed by atoms with Crippen LogP contribution in [-0.4, -0.2) is 7.11 Å². The number of nitrogens with one attached hydrogen (secondary N) is 1. The number of halogens is 1. The molecule has 1 heterocycles. The Labute approximate surface area is 127 Å². The van der Waals surface area contributed by atoms with Crippen molar-refractivity contribution in [2.24, 2.45) is 5.84 Å². The second kappa shape index (κ2) is 5.77. The predicted molar refractivity (Wildman–Crippen MR) is 83.4 cm³/mol. The van der Waals surface area contributed by atoms with Crippen LogP contribution in [0.2, 0.25) is 5.02 Å². The Bertz CT molecular complexity index is 737. The predicted octanol–water partition coefficient (Wildman–Crippen LogP) is 3.65. The van der Waals surface area contributed by atoms with E-state index in [9.17, 15) is 0 Å². The molecule has 21 heavy (non-hydrogen) atoms. The van der Waals surface area contributed by atoms with E-state index in [1.807, 2.05) is 36.4 Å². The summed E-state index contributed by atoms with van der Waals surface area (Å²) in [6, 6.07) is 14.9. The molecule has 0 radical (unpaired) electrons. The molecule has 0 fully saturated rings. The fourth-order valence-electron chi connectivity index (χ4n) is 2.39. The average molecular weight is 303 g/mol. The Hall–Kier alpha value is -2.01. The van der Waals surface area contributed by atoms with Gasteiger partial charge in [0.2, 0.25) is 0 Å². The smallest absolute Gasteiger partial charge is 0.134 e. The van der Waals surface area contributed by atoms with E-state index in [1.165, 1.54) is 0 Å². The zero-order valence-electron chi connectivity index (χ0n) is 11.5. The third-order valence-corrected chi connectivity index (χ3v) is 3.64. The van der Waals surface area contributed by atoms with Crippen molar-refractivity contribution in [3.05, 3.63) is 64.9 Å². The average Bonchev–Trinajstić information content (AvgIpc) is 2.92. The van der Waals surface area contributed by atoms with E-state index < -0.39 is 0 Å². The van der Waals surface area contributed by atoms with Crippen molar-refractivity contribution in [3.8, 4) is 5.75 Å². The first kappa shape index (κ1) is 13.9. The molecule has 108 valence electrons. The molecule has 5 heteroatoms. The summed E-state index contributed by atoms with van der Waals surface area (Å²) in [5, 5.41) is 1.64. The number of ether oxygens (including phenoxy) is 1. The lowest BCUT2D eigenvalue weighted by molar-refractivity contribution is 0.397. The summed E-state index contributed by atoms with van der Waals surface area (Å²) < 4.78 is 11.3. The van der Waals surface area contributed by atoms with Crippen molar-refractivity contribution in [1.29, 1.82) is 0 Å². The molecule has 0 aliphatic heterocycles. The molecule has 3 rings (SSSR count). The molecule has 0 aliphatic rings. The molecule has 3 N–H and O–H groups in total. The van der Waals surface area contributed by atoms with Crippen molar-refractivity contribution in [2.75, 3.05) is 7.11 Å². The van der Waals surface area contributed by atoms with Crippen molar-refractivity contribution in [3.63, 3.8) is 0 Å². The van der Waals surface area contributed by atoms with Crippen LogP contribution in [0.3, 0.4) is 0 Å². The highest BCUT2D eigenvalue weighted by Crippen LogP contribution is 2.34. The topological polar surface area (TPSA) is 60.4 Å². The summed E-state index contributed by atoms with van der Waals surface area (Å²) in [6.07, 6.45) is 0. The highest BCUT2D eigenvalue weighted by atomic mass is 35.5. The van der Waals surface area contributed by atoms with Gasteiger partial charge in [-0.25, -0.2) is 5.43 Å². The minimum absolute atomic E-state index is 0.315. The summed E-state index contributed by atoms with van der Waals surface area (Å²) in [4.78, 5) is 0. The fourth-order valence-corrected chi connectivity index (χ4v) is 2.56. The molecule has 2 aromatic carbocycles. The van der Waals surface area contributed by atoms with Gasteiger partial charge in [-0.15, -0.1) is 0 Å². The lowest BCUT2D eigenvalue weighted by Gasteiger charge is -2.17. The number of methoxy groups -OCH3 is 1. The molecular weight excluding hydrogens is 288 g/mol. The largest absolute Gasteiger partial charge is 0.496 e. The Morgan fingerprint density at radius 2 is 2.00 bits per heavy atom. The van der Waals surface area contributed by atoms with Crippen molar-refractivity contribution < 1.29 is 9.15 Å². The number of para-hydroxylation sites is 1. The number of nitrogens with two attached hydrogens (primary N) is 1. The van der Waals surface area contributed by atoms with E-state index in [0.29, 0.717) is 10.8 Å². The molecule has 3 aromatic rings. The van der Waals surface area contributed by atoms with E-state index in [4.69, 9.17) is 26.6 Å². The number of hydrogen-bond donors (Lipinski definition) is 2. The molecule has 1 aromatic heterocycles. The van der Waals surface area contributed by atoms with E-state index in [0.717, 1.165) is 22.3 Å². The second-order valence-electron chi connectivity index (χ2n) is 4.67. The van der Waals surface area contributed by atoms with E-state index in [1.54, 1.807) is 19.2 Å². The van der Waals surface area contributed by atoms with Gasteiger partial charge < -0.3 is 9.15 Å². The van der Waals surface area contributed by atoms with Gasteiger partial charge in [0, 0.05) is 16.0 Å². The molecule has 0 spiro atoms. The Balaban J connectivity index is 2.09. The van der Waals surface area contributed by atoms with Crippen LogP contribution in [0.25, 0.3) is 11.0 Å². The normalized spacial score (nSPS) is 12.5. The summed E-state index contributed by atoms with van der Waals surface area (Å²) >= 11 is 6.00.